The van der Waals surface area contributed by atoms with Crippen LogP contribution in [0.25, 0.3) is 0 Å². The van der Waals surface area contributed by atoms with Crippen LogP contribution in [0, 0.1) is 5.92 Å². The number of carbonyl (C=O) groups excluding carboxylic acids is 2. The highest BCUT2D eigenvalue weighted by molar-refractivity contribution is 5.95. The number of amides is 2. The minimum atomic E-state index is -0.0153. The molecule has 21 heavy (non-hydrogen) atoms. The molecule has 1 N–H and O–H groups in total. The van der Waals surface area contributed by atoms with Crippen molar-refractivity contribution in [1.29, 1.82) is 0 Å². The number of nitrogens with one attached hydrogen (secondary N) is 1. The predicted octanol–water partition coefficient (Wildman–Crippen LogP) is 1.03. The molecule has 0 spiro atoms. The molecule has 2 rings (SSSR count). The van der Waals surface area contributed by atoms with Crippen LogP contribution in [0.5, 0.6) is 0 Å². The molecule has 0 radical (unpaired) electrons. The first-order valence-corrected chi connectivity index (χ1v) is 7.44. The van der Waals surface area contributed by atoms with E-state index in [1.165, 1.54) is 6.33 Å². The van der Waals surface area contributed by atoms with Gasteiger partial charge in [0.2, 0.25) is 5.91 Å². The third-order valence-electron chi connectivity index (χ3n) is 3.84. The standard InChI is InChI=1S/C15H22N4O2/c1-3-4-13-12(8-17-10-18-13)15(21)19-6-5-11(9-19)7-14(20)16-2/h8,10-11H,3-7,9H2,1-2H3,(H,16,20)/t11-/m0/s1. The van der Waals surface area contributed by atoms with Crippen LogP contribution < -0.4 is 5.32 Å². The second kappa shape index (κ2) is 7.15. The van der Waals surface area contributed by atoms with Gasteiger partial charge in [-0.25, -0.2) is 9.97 Å². The highest BCUT2D eigenvalue weighted by Crippen LogP contribution is 2.22. The van der Waals surface area contributed by atoms with Gasteiger partial charge in [-0.3, -0.25) is 9.59 Å². The molecule has 1 fully saturated rings. The lowest BCUT2D eigenvalue weighted by Crippen LogP contribution is -2.30. The maximum atomic E-state index is 12.6. The second-order valence-corrected chi connectivity index (χ2v) is 5.42. The molecule has 6 heteroatoms. The minimum Gasteiger partial charge on any atom is -0.359 e. The lowest BCUT2D eigenvalue weighted by atomic mass is 10.0. The van der Waals surface area contributed by atoms with Gasteiger partial charge in [0, 0.05) is 32.8 Å². The summed E-state index contributed by atoms with van der Waals surface area (Å²) in [5, 5.41) is 2.63. The maximum absolute atomic E-state index is 12.6. The number of aryl methyl sites for hydroxylation is 1. The number of likely N-dealkylation sites (tertiary alicyclic amines) is 1. The quantitative estimate of drug-likeness (QED) is 0.878. The third-order valence-corrected chi connectivity index (χ3v) is 3.84. The fourth-order valence-corrected chi connectivity index (χ4v) is 2.69. The molecule has 1 aromatic rings. The van der Waals surface area contributed by atoms with Crippen molar-refractivity contribution in [2.24, 2.45) is 5.92 Å². The average molecular weight is 290 g/mol. The maximum Gasteiger partial charge on any atom is 0.257 e. The van der Waals surface area contributed by atoms with Gasteiger partial charge in [-0.15, -0.1) is 0 Å². The molecule has 114 valence electrons. The molecule has 1 aliphatic heterocycles. The Balaban J connectivity index is 2.03. The van der Waals surface area contributed by atoms with Crippen molar-refractivity contribution in [3.05, 3.63) is 23.8 Å². The van der Waals surface area contributed by atoms with Gasteiger partial charge in [-0.05, 0) is 18.8 Å². The van der Waals surface area contributed by atoms with E-state index in [2.05, 4.69) is 22.2 Å². The summed E-state index contributed by atoms with van der Waals surface area (Å²) in [5.74, 6) is 0.260. The summed E-state index contributed by atoms with van der Waals surface area (Å²) in [6.45, 7) is 3.39. The fraction of sp³-hybridized carbons (Fsp3) is 0.600. The smallest absolute Gasteiger partial charge is 0.257 e. The molecular weight excluding hydrogens is 268 g/mol. The molecule has 1 aliphatic rings. The van der Waals surface area contributed by atoms with Crippen molar-refractivity contribution in [2.45, 2.75) is 32.6 Å². The van der Waals surface area contributed by atoms with E-state index < -0.39 is 0 Å². The third kappa shape index (κ3) is 3.77. The SMILES string of the molecule is CCCc1ncncc1C(=O)N1CC[C@@H](CC(=O)NC)C1. The first-order valence-electron chi connectivity index (χ1n) is 7.44. The molecule has 2 heterocycles. The van der Waals surface area contributed by atoms with Crippen LogP contribution in [0.3, 0.4) is 0 Å². The van der Waals surface area contributed by atoms with E-state index in [9.17, 15) is 9.59 Å². The first-order chi connectivity index (χ1) is 10.2. The van der Waals surface area contributed by atoms with Gasteiger partial charge in [0.05, 0.1) is 11.3 Å². The van der Waals surface area contributed by atoms with Crippen LogP contribution in [-0.2, 0) is 11.2 Å². The molecule has 0 aromatic carbocycles. The molecule has 0 saturated carbocycles. The molecular formula is C15H22N4O2. The fourth-order valence-electron chi connectivity index (χ4n) is 2.69. The number of carbonyl (C=O) groups is 2. The molecule has 1 aromatic heterocycles. The van der Waals surface area contributed by atoms with Gasteiger partial charge in [-0.1, -0.05) is 13.3 Å². The summed E-state index contributed by atoms with van der Waals surface area (Å²) in [6.07, 6.45) is 6.16. The van der Waals surface area contributed by atoms with Gasteiger partial charge in [-0.2, -0.15) is 0 Å². The van der Waals surface area contributed by atoms with Crippen molar-refractivity contribution >= 4 is 11.8 Å². The number of hydrogen-bond acceptors (Lipinski definition) is 4. The van der Waals surface area contributed by atoms with Crippen molar-refractivity contribution in [1.82, 2.24) is 20.2 Å². The molecule has 6 nitrogen and oxygen atoms in total. The Labute approximate surface area is 125 Å². The minimum absolute atomic E-state index is 0.0153. The lowest BCUT2D eigenvalue weighted by molar-refractivity contribution is -0.121. The van der Waals surface area contributed by atoms with Crippen molar-refractivity contribution in [3.63, 3.8) is 0 Å². The Morgan fingerprint density at radius 1 is 1.48 bits per heavy atom. The summed E-state index contributed by atoms with van der Waals surface area (Å²) >= 11 is 0. The van der Waals surface area contributed by atoms with E-state index in [-0.39, 0.29) is 17.7 Å². The molecule has 0 bridgehead atoms. The van der Waals surface area contributed by atoms with E-state index in [0.29, 0.717) is 25.1 Å². The van der Waals surface area contributed by atoms with Crippen molar-refractivity contribution < 1.29 is 9.59 Å². The Bertz CT molecular complexity index is 518. The zero-order valence-corrected chi connectivity index (χ0v) is 12.6. The Morgan fingerprint density at radius 2 is 2.29 bits per heavy atom. The highest BCUT2D eigenvalue weighted by atomic mass is 16.2. The zero-order valence-electron chi connectivity index (χ0n) is 12.6. The topological polar surface area (TPSA) is 75.2 Å². The Morgan fingerprint density at radius 3 is 3.00 bits per heavy atom. The van der Waals surface area contributed by atoms with Crippen LogP contribution in [-0.4, -0.2) is 46.8 Å². The largest absolute Gasteiger partial charge is 0.359 e. The Kier molecular flexibility index (Phi) is 5.25. The molecule has 1 saturated heterocycles. The summed E-state index contributed by atoms with van der Waals surface area (Å²) in [6, 6.07) is 0. The molecule has 2 amide bonds. The summed E-state index contributed by atoms with van der Waals surface area (Å²) in [4.78, 5) is 34.0. The van der Waals surface area contributed by atoms with E-state index in [4.69, 9.17) is 0 Å². The van der Waals surface area contributed by atoms with E-state index in [1.807, 2.05) is 4.90 Å². The van der Waals surface area contributed by atoms with Crippen LogP contribution in [0.1, 0.15) is 42.2 Å². The lowest BCUT2D eigenvalue weighted by Gasteiger charge is -2.17. The predicted molar refractivity (Wildman–Crippen MR) is 78.7 cm³/mol. The highest BCUT2D eigenvalue weighted by Gasteiger charge is 2.29. The number of hydrogen-bond donors (Lipinski definition) is 1. The van der Waals surface area contributed by atoms with E-state index >= 15 is 0 Å². The summed E-state index contributed by atoms with van der Waals surface area (Å²) < 4.78 is 0. The zero-order chi connectivity index (χ0) is 15.2. The van der Waals surface area contributed by atoms with Gasteiger partial charge < -0.3 is 10.2 Å². The Hall–Kier alpha value is -1.98. The average Bonchev–Trinajstić information content (AvgIpc) is 2.96. The molecule has 0 unspecified atom stereocenters. The van der Waals surface area contributed by atoms with Crippen molar-refractivity contribution in [3.8, 4) is 0 Å². The van der Waals surface area contributed by atoms with Crippen LogP contribution in [0.2, 0.25) is 0 Å². The van der Waals surface area contributed by atoms with Crippen LogP contribution in [0.4, 0.5) is 0 Å². The number of nitrogens with zero attached hydrogens (tertiary/aromatic N) is 3. The van der Waals surface area contributed by atoms with Gasteiger partial charge in [0.1, 0.15) is 6.33 Å². The first kappa shape index (κ1) is 15.4. The van der Waals surface area contributed by atoms with Gasteiger partial charge in [0.25, 0.3) is 5.91 Å². The monoisotopic (exact) mass is 290 g/mol. The van der Waals surface area contributed by atoms with Crippen LogP contribution >= 0.6 is 0 Å². The van der Waals surface area contributed by atoms with Crippen LogP contribution in [0.15, 0.2) is 12.5 Å². The summed E-state index contributed by atoms with van der Waals surface area (Å²) in [7, 11) is 1.64. The number of aromatic nitrogens is 2. The number of rotatable bonds is 5. The normalized spacial score (nSPS) is 17.8. The van der Waals surface area contributed by atoms with Gasteiger partial charge in [0.15, 0.2) is 0 Å². The summed E-state index contributed by atoms with van der Waals surface area (Å²) in [5.41, 5.74) is 1.41. The van der Waals surface area contributed by atoms with Gasteiger partial charge >= 0.3 is 0 Å². The molecule has 1 atom stereocenters. The van der Waals surface area contributed by atoms with Crippen molar-refractivity contribution in [2.75, 3.05) is 20.1 Å². The van der Waals surface area contributed by atoms with E-state index in [0.717, 1.165) is 25.0 Å². The molecule has 0 aliphatic carbocycles. The van der Waals surface area contributed by atoms with E-state index in [1.54, 1.807) is 13.2 Å². The second-order valence-electron chi connectivity index (χ2n) is 5.42.